The number of hydrogen-bond acceptors (Lipinski definition) is 9. The quantitative estimate of drug-likeness (QED) is 0.206. The molecule has 3 N–H and O–H groups in total. The number of likely N-dealkylation sites (tertiary alicyclic amines) is 1. The van der Waals surface area contributed by atoms with Gasteiger partial charge >= 0.3 is 5.97 Å². The van der Waals surface area contributed by atoms with Gasteiger partial charge in [0.15, 0.2) is 12.5 Å². The lowest BCUT2D eigenvalue weighted by atomic mass is 10.0. The van der Waals surface area contributed by atoms with Crippen molar-refractivity contribution >= 4 is 36.3 Å². The minimum Gasteiger partial charge on any atom is -0.463 e. The van der Waals surface area contributed by atoms with Crippen molar-refractivity contribution < 1.29 is 43.3 Å². The van der Waals surface area contributed by atoms with E-state index >= 15 is 0 Å². The van der Waals surface area contributed by atoms with Crippen molar-refractivity contribution in [2.75, 3.05) is 19.7 Å². The van der Waals surface area contributed by atoms with Gasteiger partial charge in [-0.2, -0.15) is 12.6 Å². The number of imide groups is 1. The monoisotopic (exact) mass is 422 g/mol. The van der Waals surface area contributed by atoms with Crippen molar-refractivity contribution in [1.82, 2.24) is 10.2 Å². The Morgan fingerprint density at radius 1 is 1.32 bits per heavy atom. The van der Waals surface area contributed by atoms with E-state index < -0.39 is 54.3 Å². The van der Waals surface area contributed by atoms with Gasteiger partial charge in [-0.15, -0.1) is 0 Å². The minimum atomic E-state index is -1.80. The van der Waals surface area contributed by atoms with E-state index in [0.29, 0.717) is 0 Å². The summed E-state index contributed by atoms with van der Waals surface area (Å²) in [6.45, 7) is -0.437. The van der Waals surface area contributed by atoms with Gasteiger partial charge in [-0.3, -0.25) is 24.1 Å². The van der Waals surface area contributed by atoms with Gasteiger partial charge in [0.25, 0.3) is 0 Å². The molecule has 2 heterocycles. The summed E-state index contributed by atoms with van der Waals surface area (Å²) in [5.74, 6) is -2.02. The topological polar surface area (TPSA) is 142 Å². The van der Waals surface area contributed by atoms with Crippen molar-refractivity contribution in [2.45, 2.75) is 55.6 Å². The predicted molar refractivity (Wildman–Crippen MR) is 93.7 cm³/mol. The molecule has 2 rings (SSSR count). The molecule has 2 aliphatic rings. The van der Waals surface area contributed by atoms with Crippen LogP contribution in [0.15, 0.2) is 0 Å². The highest BCUT2D eigenvalue weighted by molar-refractivity contribution is 7.81. The number of hydrogen-bond donors (Lipinski definition) is 4. The molecule has 0 spiro atoms. The maximum atomic E-state index is 13.7. The molecular formula is C16H23FN2O8S. The van der Waals surface area contributed by atoms with Crippen molar-refractivity contribution in [2.24, 2.45) is 0 Å². The van der Waals surface area contributed by atoms with E-state index in [1.54, 1.807) is 0 Å². The van der Waals surface area contributed by atoms with Crippen LogP contribution in [0.2, 0.25) is 0 Å². The number of esters is 1. The molecule has 2 unspecified atom stereocenters. The number of aliphatic hydroxyl groups excluding tert-OH is 2. The number of amides is 3. The Balaban J connectivity index is 1.61. The number of nitrogens with one attached hydrogen (secondary N) is 1. The number of carbonyl (C=O) groups is 4. The molecule has 158 valence electrons. The minimum absolute atomic E-state index is 0.0203. The number of aliphatic hydroxyl groups is 2. The highest BCUT2D eigenvalue weighted by atomic mass is 32.1. The van der Waals surface area contributed by atoms with Crippen LogP contribution in [-0.4, -0.2) is 88.4 Å². The van der Waals surface area contributed by atoms with E-state index in [9.17, 15) is 33.8 Å². The molecule has 0 aromatic carbocycles. The number of ether oxygens (including phenoxy) is 2. The summed E-state index contributed by atoms with van der Waals surface area (Å²) in [5, 5.41) is 20.6. The zero-order valence-electron chi connectivity index (χ0n) is 15.0. The Hall–Kier alpha value is -1.76. The first-order valence-electron chi connectivity index (χ1n) is 8.79. The Bertz CT molecular complexity index is 621. The summed E-state index contributed by atoms with van der Waals surface area (Å²) in [5.41, 5.74) is 0. The molecule has 0 aromatic heterocycles. The van der Waals surface area contributed by atoms with Crippen LogP contribution in [0.3, 0.4) is 0 Å². The van der Waals surface area contributed by atoms with Crippen LogP contribution in [0.1, 0.15) is 25.7 Å². The van der Waals surface area contributed by atoms with Crippen molar-refractivity contribution in [3.05, 3.63) is 0 Å². The molecule has 2 aliphatic heterocycles. The predicted octanol–water partition coefficient (Wildman–Crippen LogP) is -1.71. The van der Waals surface area contributed by atoms with E-state index in [1.165, 1.54) is 0 Å². The van der Waals surface area contributed by atoms with Crippen LogP contribution in [0.25, 0.3) is 0 Å². The van der Waals surface area contributed by atoms with Gasteiger partial charge in [-0.05, 0) is 0 Å². The fourth-order valence-electron chi connectivity index (χ4n) is 2.81. The van der Waals surface area contributed by atoms with Crippen molar-refractivity contribution in [1.29, 1.82) is 0 Å². The van der Waals surface area contributed by atoms with Crippen LogP contribution in [0.5, 0.6) is 0 Å². The van der Waals surface area contributed by atoms with Crippen LogP contribution in [-0.2, 0) is 28.7 Å². The molecule has 0 aromatic rings. The Kier molecular flexibility index (Phi) is 8.16. The fourth-order valence-corrected chi connectivity index (χ4v) is 3.10. The smallest absolute Gasteiger partial charge is 0.306 e. The van der Waals surface area contributed by atoms with Crippen molar-refractivity contribution in [3.8, 4) is 0 Å². The lowest BCUT2D eigenvalue weighted by Crippen LogP contribution is -2.48. The normalized spacial score (nSPS) is 30.4. The number of thiol groups is 1. The molecule has 0 bridgehead atoms. The SMILES string of the molecule is O=C(CCC(=O)OC[C@H]1OC(O)C[C@@H](O)[C@@H]1F)NCCN1C(=O)CC(S)C1=O. The lowest BCUT2D eigenvalue weighted by Gasteiger charge is -2.33. The molecule has 10 nitrogen and oxygen atoms in total. The van der Waals surface area contributed by atoms with Gasteiger partial charge in [-0.25, -0.2) is 4.39 Å². The molecular weight excluding hydrogens is 399 g/mol. The summed E-state index contributed by atoms with van der Waals surface area (Å²) in [6, 6.07) is 0. The highest BCUT2D eigenvalue weighted by Crippen LogP contribution is 2.22. The molecule has 0 aliphatic carbocycles. The summed E-state index contributed by atoms with van der Waals surface area (Å²) in [7, 11) is 0. The third-order valence-corrected chi connectivity index (χ3v) is 4.74. The van der Waals surface area contributed by atoms with Gasteiger partial charge in [0.2, 0.25) is 17.7 Å². The van der Waals surface area contributed by atoms with Gasteiger partial charge in [-0.1, -0.05) is 0 Å². The van der Waals surface area contributed by atoms with Crippen LogP contribution in [0, 0.1) is 0 Å². The zero-order chi connectivity index (χ0) is 20.8. The highest BCUT2D eigenvalue weighted by Gasteiger charge is 2.38. The third kappa shape index (κ3) is 6.12. The van der Waals surface area contributed by atoms with Crippen LogP contribution >= 0.6 is 12.6 Å². The lowest BCUT2D eigenvalue weighted by molar-refractivity contribution is -0.228. The first-order chi connectivity index (χ1) is 13.2. The maximum absolute atomic E-state index is 13.7. The third-order valence-electron chi connectivity index (χ3n) is 4.34. The van der Waals surface area contributed by atoms with Crippen molar-refractivity contribution in [3.63, 3.8) is 0 Å². The molecule has 0 saturated carbocycles. The Labute approximate surface area is 165 Å². The summed E-state index contributed by atoms with van der Waals surface area (Å²) < 4.78 is 23.4. The summed E-state index contributed by atoms with van der Waals surface area (Å²) in [6.07, 6.45) is -6.56. The summed E-state index contributed by atoms with van der Waals surface area (Å²) >= 11 is 3.99. The van der Waals surface area contributed by atoms with Crippen LogP contribution < -0.4 is 5.32 Å². The number of rotatable bonds is 8. The van der Waals surface area contributed by atoms with E-state index in [1.807, 2.05) is 0 Å². The average Bonchev–Trinajstić information content (AvgIpc) is 2.87. The standard InChI is InChI=1S/C16H23FN2O8S/c17-15-8(20)5-14(24)27-9(15)7-26-13(23)2-1-11(21)18-3-4-19-12(22)6-10(28)16(19)25/h8-10,14-15,20,24,28H,1-7H2,(H,18,21)/t8-,9-,10?,14?,15+/m1/s1. The molecule has 0 radical (unpaired) electrons. The maximum Gasteiger partial charge on any atom is 0.306 e. The summed E-state index contributed by atoms with van der Waals surface area (Å²) in [4.78, 5) is 47.6. The molecule has 2 saturated heterocycles. The molecule has 28 heavy (non-hydrogen) atoms. The largest absolute Gasteiger partial charge is 0.463 e. The Morgan fingerprint density at radius 2 is 2.04 bits per heavy atom. The fraction of sp³-hybridized carbons (Fsp3) is 0.750. The number of alkyl halides is 1. The van der Waals surface area contributed by atoms with E-state index in [2.05, 4.69) is 17.9 Å². The molecule has 2 fully saturated rings. The second kappa shape index (κ2) is 10.1. The van der Waals surface area contributed by atoms with Gasteiger partial charge in [0, 0.05) is 32.4 Å². The first-order valence-corrected chi connectivity index (χ1v) is 9.31. The van der Waals surface area contributed by atoms with Crippen LogP contribution in [0.4, 0.5) is 4.39 Å². The average molecular weight is 422 g/mol. The second-order valence-electron chi connectivity index (χ2n) is 6.51. The second-order valence-corrected chi connectivity index (χ2v) is 7.14. The van der Waals surface area contributed by atoms with Gasteiger partial charge < -0.3 is 25.0 Å². The number of nitrogens with zero attached hydrogens (tertiary/aromatic N) is 1. The van der Waals surface area contributed by atoms with E-state index in [0.717, 1.165) is 4.90 Å². The number of carbonyl (C=O) groups excluding carboxylic acids is 4. The molecule has 5 atom stereocenters. The molecule has 12 heteroatoms. The zero-order valence-corrected chi connectivity index (χ0v) is 15.8. The van der Waals surface area contributed by atoms with E-state index in [-0.39, 0.29) is 44.7 Å². The van der Waals surface area contributed by atoms with E-state index in [4.69, 9.17) is 9.47 Å². The number of halogens is 1. The van der Waals surface area contributed by atoms with Gasteiger partial charge in [0.1, 0.15) is 12.7 Å². The molecule has 3 amide bonds. The van der Waals surface area contributed by atoms with Gasteiger partial charge in [0.05, 0.1) is 17.8 Å². The Morgan fingerprint density at radius 3 is 2.68 bits per heavy atom. The first kappa shape index (κ1) is 22.5.